The van der Waals surface area contributed by atoms with Gasteiger partial charge in [-0.2, -0.15) is 0 Å². The number of nitrogens with one attached hydrogen (secondary N) is 1. The van der Waals surface area contributed by atoms with Crippen LogP contribution in [0, 0.1) is 5.92 Å². The lowest BCUT2D eigenvalue weighted by Gasteiger charge is -2.19. The summed E-state index contributed by atoms with van der Waals surface area (Å²) in [6.45, 7) is 5.71. The van der Waals surface area contributed by atoms with Crippen LogP contribution in [0.5, 0.6) is 5.75 Å². The molecule has 1 aromatic carbocycles. The smallest absolute Gasteiger partial charge is 0.262 e. The van der Waals surface area contributed by atoms with Gasteiger partial charge in [0.15, 0.2) is 0 Å². The van der Waals surface area contributed by atoms with Crippen LogP contribution in [0.2, 0.25) is 5.02 Å². The molecule has 0 radical (unpaired) electrons. The van der Waals surface area contributed by atoms with E-state index in [0.29, 0.717) is 15.6 Å². The van der Waals surface area contributed by atoms with Crippen molar-refractivity contribution in [1.82, 2.24) is 5.32 Å². The normalized spacial score (nSPS) is 20.9. The molecule has 0 fully saturated rings. The van der Waals surface area contributed by atoms with E-state index >= 15 is 0 Å². The summed E-state index contributed by atoms with van der Waals surface area (Å²) in [4.78, 5) is 17.9. The summed E-state index contributed by atoms with van der Waals surface area (Å²) in [6.07, 6.45) is 7.25. The van der Waals surface area contributed by atoms with Gasteiger partial charge in [0.25, 0.3) is 5.91 Å². The van der Waals surface area contributed by atoms with Gasteiger partial charge in [0, 0.05) is 33.8 Å². The van der Waals surface area contributed by atoms with Crippen molar-refractivity contribution in [3.63, 3.8) is 0 Å². The van der Waals surface area contributed by atoms with E-state index in [1.165, 1.54) is 11.3 Å². The molecule has 3 atom stereocenters. The van der Waals surface area contributed by atoms with Crippen molar-refractivity contribution in [2.75, 3.05) is 0 Å². The lowest BCUT2D eigenvalue weighted by molar-refractivity contribution is 0.0998. The second-order valence-electron chi connectivity index (χ2n) is 6.84. The number of allylic oxidation sites excluding steroid dienone is 2. The number of rotatable bonds is 6. The number of primary amides is 1. The molecule has 0 saturated carbocycles. The number of thiophene rings is 1. The number of nitrogens with zero attached hydrogens (tertiary/aromatic N) is 1. The zero-order chi connectivity index (χ0) is 20.5. The second kappa shape index (κ2) is 7.89. The zero-order valence-electron chi connectivity index (χ0n) is 15.8. The van der Waals surface area contributed by atoms with E-state index in [1.807, 2.05) is 43.5 Å². The number of hydrogen-bond acceptors (Lipinski definition) is 5. The first kappa shape index (κ1) is 19.5. The predicted molar refractivity (Wildman–Crippen MR) is 118 cm³/mol. The van der Waals surface area contributed by atoms with E-state index in [4.69, 9.17) is 22.1 Å². The van der Waals surface area contributed by atoms with Gasteiger partial charge in [0.2, 0.25) is 0 Å². The van der Waals surface area contributed by atoms with Gasteiger partial charge < -0.3 is 15.8 Å². The molecule has 0 spiro atoms. The zero-order valence-corrected chi connectivity index (χ0v) is 17.3. The maximum absolute atomic E-state index is 12.1. The molecule has 4 rings (SSSR count). The molecule has 2 aromatic rings. The number of amides is 1. The van der Waals surface area contributed by atoms with Crippen LogP contribution in [0.3, 0.4) is 0 Å². The van der Waals surface area contributed by atoms with Crippen LogP contribution < -0.4 is 15.8 Å². The fraction of sp³-hybridized carbons (Fsp3) is 0.182. The number of ether oxygens (including phenoxy) is 1. The molecule has 2 aliphatic rings. The Morgan fingerprint density at radius 3 is 2.97 bits per heavy atom. The molecule has 7 heteroatoms. The Balaban J connectivity index is 1.65. The minimum Gasteiger partial charge on any atom is -0.484 e. The van der Waals surface area contributed by atoms with Crippen molar-refractivity contribution >= 4 is 40.6 Å². The third-order valence-corrected chi connectivity index (χ3v) is 6.48. The van der Waals surface area contributed by atoms with E-state index < -0.39 is 5.91 Å². The molecule has 2 aliphatic heterocycles. The molecular weight excluding hydrogens is 406 g/mol. The van der Waals surface area contributed by atoms with Crippen LogP contribution in [0.4, 0.5) is 0 Å². The van der Waals surface area contributed by atoms with Crippen molar-refractivity contribution in [1.29, 1.82) is 0 Å². The lowest BCUT2D eigenvalue weighted by Crippen LogP contribution is -2.26. The van der Waals surface area contributed by atoms with E-state index in [-0.39, 0.29) is 18.2 Å². The molecule has 5 nitrogen and oxygen atoms in total. The monoisotopic (exact) mass is 425 g/mol. The van der Waals surface area contributed by atoms with Crippen LogP contribution in [-0.2, 0) is 0 Å². The minimum absolute atomic E-state index is 0.0563. The molecule has 148 valence electrons. The Hall–Kier alpha value is -2.83. The van der Waals surface area contributed by atoms with Gasteiger partial charge >= 0.3 is 0 Å². The Bertz CT molecular complexity index is 1070. The van der Waals surface area contributed by atoms with Gasteiger partial charge in [-0.25, -0.2) is 0 Å². The Kier molecular flexibility index (Phi) is 5.30. The largest absolute Gasteiger partial charge is 0.484 e. The summed E-state index contributed by atoms with van der Waals surface area (Å²) in [6, 6.07) is 9.35. The number of hydrogen-bond donors (Lipinski definition) is 2. The third-order valence-electron chi connectivity index (χ3n) is 4.95. The van der Waals surface area contributed by atoms with E-state index in [2.05, 4.69) is 23.0 Å². The molecule has 1 amide bonds. The maximum Gasteiger partial charge on any atom is 0.262 e. The summed E-state index contributed by atoms with van der Waals surface area (Å²) < 4.78 is 6.11. The summed E-state index contributed by atoms with van der Waals surface area (Å²) in [5, 5.41) is 3.89. The Morgan fingerprint density at radius 2 is 2.24 bits per heavy atom. The molecule has 0 bridgehead atoms. The van der Waals surface area contributed by atoms with Crippen molar-refractivity contribution in [2.24, 2.45) is 16.6 Å². The highest BCUT2D eigenvalue weighted by Gasteiger charge is 2.32. The first-order valence-corrected chi connectivity index (χ1v) is 10.4. The number of halogens is 1. The van der Waals surface area contributed by atoms with Crippen LogP contribution in [0.25, 0.3) is 5.57 Å². The standard InChI is InChI=1S/C22H20ClN3O2S/c1-3-13-8-15-16(11-26-22(15)25-10-13)19-9-18(20(29-19)21(24)27)28-12(2)14-6-4-5-7-17(14)23/h3-12,15,22,26H,1H2,2H3,(H2,24,27). The van der Waals surface area contributed by atoms with Crippen LogP contribution in [-0.4, -0.2) is 18.3 Å². The van der Waals surface area contributed by atoms with E-state index in [0.717, 1.165) is 21.6 Å². The first-order valence-electron chi connectivity index (χ1n) is 9.16. The topological polar surface area (TPSA) is 76.7 Å². The van der Waals surface area contributed by atoms with Gasteiger partial charge in [0.1, 0.15) is 22.9 Å². The Morgan fingerprint density at radius 1 is 1.45 bits per heavy atom. The van der Waals surface area contributed by atoms with E-state index in [1.54, 1.807) is 12.3 Å². The number of fused-ring (bicyclic) bond motifs is 1. The molecule has 0 saturated heterocycles. The predicted octanol–water partition coefficient (Wildman–Crippen LogP) is 4.72. The summed E-state index contributed by atoms with van der Waals surface area (Å²) in [5.74, 6) is -0.00238. The number of aliphatic imine (C=N–C) groups is 1. The highest BCUT2D eigenvalue weighted by Crippen LogP contribution is 2.42. The minimum atomic E-state index is -0.519. The molecule has 3 N–H and O–H groups in total. The maximum atomic E-state index is 12.1. The molecule has 1 aromatic heterocycles. The molecule has 3 unspecified atom stereocenters. The quantitative estimate of drug-likeness (QED) is 0.702. The number of carbonyl (C=O) groups is 1. The number of carbonyl (C=O) groups excluding carboxylic acids is 1. The fourth-order valence-electron chi connectivity index (χ4n) is 3.47. The summed E-state index contributed by atoms with van der Waals surface area (Å²) in [7, 11) is 0. The lowest BCUT2D eigenvalue weighted by atomic mass is 9.94. The second-order valence-corrected chi connectivity index (χ2v) is 8.30. The van der Waals surface area contributed by atoms with Gasteiger partial charge in [-0.3, -0.25) is 9.79 Å². The van der Waals surface area contributed by atoms with Gasteiger partial charge in [-0.1, -0.05) is 48.5 Å². The van der Waals surface area contributed by atoms with Gasteiger partial charge in [-0.15, -0.1) is 11.3 Å². The number of nitrogens with two attached hydrogens (primary N) is 1. The Labute approximate surface area is 178 Å². The van der Waals surface area contributed by atoms with E-state index in [9.17, 15) is 4.79 Å². The van der Waals surface area contributed by atoms with Crippen LogP contribution >= 0.6 is 22.9 Å². The third kappa shape index (κ3) is 3.73. The van der Waals surface area contributed by atoms with Crippen molar-refractivity contribution in [3.05, 3.63) is 81.2 Å². The fourth-order valence-corrected chi connectivity index (χ4v) is 4.77. The highest BCUT2D eigenvalue weighted by molar-refractivity contribution is 7.15. The van der Waals surface area contributed by atoms with Crippen molar-refractivity contribution in [3.8, 4) is 5.75 Å². The molecule has 3 heterocycles. The highest BCUT2D eigenvalue weighted by atomic mass is 35.5. The number of dihydropyridines is 1. The molecular formula is C22H20ClN3O2S. The average Bonchev–Trinajstić information content (AvgIpc) is 3.31. The van der Waals surface area contributed by atoms with Crippen molar-refractivity contribution < 1.29 is 9.53 Å². The van der Waals surface area contributed by atoms with Crippen LogP contribution in [0.1, 0.15) is 33.1 Å². The summed E-state index contributed by atoms with van der Waals surface area (Å²) in [5.41, 5.74) is 8.48. The summed E-state index contributed by atoms with van der Waals surface area (Å²) >= 11 is 7.61. The SMILES string of the molecule is C=CC1=CC2C(c3cc(OC(C)c4ccccc4Cl)c(C(N)=O)s3)=CNC2N=C1. The van der Waals surface area contributed by atoms with Gasteiger partial charge in [-0.05, 0) is 30.2 Å². The molecule has 0 aliphatic carbocycles. The van der Waals surface area contributed by atoms with Crippen LogP contribution in [0.15, 0.2) is 65.8 Å². The average molecular weight is 426 g/mol. The molecule has 29 heavy (non-hydrogen) atoms. The number of benzene rings is 1. The first-order chi connectivity index (χ1) is 14.0. The van der Waals surface area contributed by atoms with Gasteiger partial charge in [0.05, 0.1) is 0 Å². The van der Waals surface area contributed by atoms with Crippen molar-refractivity contribution in [2.45, 2.75) is 19.2 Å².